The normalized spacial score (nSPS) is 10.4. The van der Waals surface area contributed by atoms with E-state index in [-0.39, 0.29) is 6.54 Å². The highest BCUT2D eigenvalue weighted by molar-refractivity contribution is 5.48. The van der Waals surface area contributed by atoms with E-state index in [1.165, 1.54) is 0 Å². The van der Waals surface area contributed by atoms with E-state index in [0.29, 0.717) is 11.9 Å². The lowest BCUT2D eigenvalue weighted by Gasteiger charge is -1.93. The molecule has 2 aromatic heterocycles. The molecule has 0 unspecified atom stereocenters. The lowest BCUT2D eigenvalue weighted by Crippen LogP contribution is -1.95. The van der Waals surface area contributed by atoms with Gasteiger partial charge in [-0.2, -0.15) is 5.10 Å². The summed E-state index contributed by atoms with van der Waals surface area (Å²) in [7, 11) is 1.82. The van der Waals surface area contributed by atoms with Gasteiger partial charge in [0.25, 0.3) is 0 Å². The van der Waals surface area contributed by atoms with Crippen molar-refractivity contribution in [2.75, 3.05) is 5.32 Å². The Hall–Kier alpha value is -1.89. The Labute approximate surface area is 79.9 Å². The number of aryl methyl sites for hydroxylation is 1. The summed E-state index contributed by atoms with van der Waals surface area (Å²) in [5, 5.41) is 14.3. The predicted octanol–water partition coefficient (Wildman–Crippen LogP) is 0.00540. The number of nitrogens with one attached hydrogen (secondary N) is 1. The second-order valence-electron chi connectivity index (χ2n) is 2.73. The molecule has 0 aliphatic rings. The van der Waals surface area contributed by atoms with Crippen LogP contribution in [0.4, 0.5) is 11.7 Å². The van der Waals surface area contributed by atoms with E-state index in [0.717, 1.165) is 5.69 Å². The predicted molar refractivity (Wildman–Crippen MR) is 48.7 cm³/mol. The van der Waals surface area contributed by atoms with Crippen molar-refractivity contribution < 1.29 is 4.42 Å². The average molecular weight is 194 g/mol. The summed E-state index contributed by atoms with van der Waals surface area (Å²) in [5.74, 6) is 0.399. The van der Waals surface area contributed by atoms with Crippen molar-refractivity contribution in [1.29, 1.82) is 0 Å². The van der Waals surface area contributed by atoms with Gasteiger partial charge in [-0.15, -0.1) is 5.10 Å². The van der Waals surface area contributed by atoms with E-state index < -0.39 is 0 Å². The first-order valence-electron chi connectivity index (χ1n) is 4.06. The first kappa shape index (κ1) is 8.70. The van der Waals surface area contributed by atoms with Gasteiger partial charge in [-0.1, -0.05) is 5.10 Å². The highest BCUT2D eigenvalue weighted by atomic mass is 16.4. The van der Waals surface area contributed by atoms with Crippen LogP contribution in [0, 0.1) is 0 Å². The minimum atomic E-state index is 0.238. The van der Waals surface area contributed by atoms with Crippen LogP contribution in [0.2, 0.25) is 0 Å². The minimum absolute atomic E-state index is 0.238. The third-order valence-electron chi connectivity index (χ3n) is 1.60. The average Bonchev–Trinajstić information content (AvgIpc) is 2.76. The molecular formula is C7H10N6O. The fourth-order valence-corrected chi connectivity index (χ4v) is 0.996. The molecule has 2 aromatic rings. The molecule has 0 saturated carbocycles. The van der Waals surface area contributed by atoms with Crippen LogP contribution in [-0.2, 0) is 13.6 Å². The molecule has 3 N–H and O–H groups in total. The van der Waals surface area contributed by atoms with Gasteiger partial charge in [0, 0.05) is 13.2 Å². The summed E-state index contributed by atoms with van der Waals surface area (Å²) >= 11 is 0. The monoisotopic (exact) mass is 194 g/mol. The Kier molecular flexibility index (Phi) is 2.15. The van der Waals surface area contributed by atoms with Crippen LogP contribution in [-0.4, -0.2) is 20.0 Å². The second kappa shape index (κ2) is 3.46. The first-order chi connectivity index (χ1) is 6.78. The lowest BCUT2D eigenvalue weighted by molar-refractivity contribution is 0.511. The maximum atomic E-state index is 5.32. The third-order valence-corrected chi connectivity index (χ3v) is 1.60. The highest BCUT2D eigenvalue weighted by Crippen LogP contribution is 2.13. The van der Waals surface area contributed by atoms with Gasteiger partial charge in [0.1, 0.15) is 0 Å². The number of nitrogens with zero attached hydrogens (tertiary/aromatic N) is 4. The smallest absolute Gasteiger partial charge is 0.320 e. The van der Waals surface area contributed by atoms with Crippen LogP contribution >= 0.6 is 0 Å². The third kappa shape index (κ3) is 1.72. The van der Waals surface area contributed by atoms with E-state index in [4.69, 9.17) is 10.2 Å². The molecule has 2 rings (SSSR count). The van der Waals surface area contributed by atoms with Gasteiger partial charge in [0.15, 0.2) is 0 Å². The van der Waals surface area contributed by atoms with E-state index in [1.54, 1.807) is 17.1 Å². The van der Waals surface area contributed by atoms with E-state index in [9.17, 15) is 0 Å². The first-order valence-corrected chi connectivity index (χ1v) is 4.06. The molecule has 2 heterocycles. The zero-order valence-electron chi connectivity index (χ0n) is 7.64. The van der Waals surface area contributed by atoms with E-state index in [1.807, 2.05) is 7.05 Å². The molecule has 74 valence electrons. The molecule has 14 heavy (non-hydrogen) atoms. The van der Waals surface area contributed by atoms with Gasteiger partial charge >= 0.3 is 6.01 Å². The van der Waals surface area contributed by atoms with Gasteiger partial charge in [-0.05, 0) is 0 Å². The van der Waals surface area contributed by atoms with Crippen LogP contribution in [0.3, 0.4) is 0 Å². The van der Waals surface area contributed by atoms with Crippen LogP contribution in [0.1, 0.15) is 5.89 Å². The molecule has 0 saturated heterocycles. The molecule has 0 aliphatic heterocycles. The molecule has 0 radical (unpaired) electrons. The Balaban J connectivity index is 2.10. The number of anilines is 2. The van der Waals surface area contributed by atoms with Gasteiger partial charge in [-0.3, -0.25) is 4.68 Å². The van der Waals surface area contributed by atoms with Crippen molar-refractivity contribution in [3.63, 3.8) is 0 Å². The number of hydrogen-bond acceptors (Lipinski definition) is 6. The Morgan fingerprint density at radius 1 is 1.57 bits per heavy atom. The van der Waals surface area contributed by atoms with Crippen molar-refractivity contribution in [3.8, 4) is 0 Å². The quantitative estimate of drug-likeness (QED) is 0.714. The molecule has 0 aliphatic carbocycles. The maximum Gasteiger partial charge on any atom is 0.320 e. The van der Waals surface area contributed by atoms with Gasteiger partial charge in [-0.25, -0.2) is 0 Å². The Morgan fingerprint density at radius 3 is 3.00 bits per heavy atom. The summed E-state index contributed by atoms with van der Waals surface area (Å²) in [5.41, 5.74) is 6.11. The van der Waals surface area contributed by atoms with Crippen LogP contribution < -0.4 is 11.1 Å². The summed E-state index contributed by atoms with van der Waals surface area (Å²) in [6, 6.07) is 0.318. The standard InChI is InChI=1S/C7H10N6O/c1-13-4-5(3-9-13)10-7-12-11-6(2-8)14-7/h3-4H,2,8H2,1H3,(H,10,12). The van der Waals surface area contributed by atoms with Crippen LogP contribution in [0.25, 0.3) is 0 Å². The molecule has 0 atom stereocenters. The van der Waals surface area contributed by atoms with E-state index >= 15 is 0 Å². The minimum Gasteiger partial charge on any atom is -0.406 e. The number of rotatable bonds is 3. The number of aromatic nitrogens is 4. The van der Waals surface area contributed by atoms with Crippen molar-refractivity contribution in [2.24, 2.45) is 12.8 Å². The van der Waals surface area contributed by atoms with Crippen molar-refractivity contribution in [2.45, 2.75) is 6.54 Å². The molecule has 7 heteroatoms. The molecular weight excluding hydrogens is 184 g/mol. The molecule has 7 nitrogen and oxygen atoms in total. The lowest BCUT2D eigenvalue weighted by atomic mass is 10.6. The van der Waals surface area contributed by atoms with Crippen molar-refractivity contribution in [1.82, 2.24) is 20.0 Å². The topological polar surface area (TPSA) is 94.8 Å². The summed E-state index contributed by atoms with van der Waals surface area (Å²) in [4.78, 5) is 0. The zero-order chi connectivity index (χ0) is 9.97. The molecule has 0 fully saturated rings. The summed E-state index contributed by atoms with van der Waals surface area (Å²) in [6.45, 7) is 0.238. The number of nitrogens with two attached hydrogens (primary N) is 1. The van der Waals surface area contributed by atoms with Crippen LogP contribution in [0.15, 0.2) is 16.8 Å². The zero-order valence-corrected chi connectivity index (χ0v) is 7.64. The fraction of sp³-hybridized carbons (Fsp3) is 0.286. The molecule has 0 aromatic carbocycles. The largest absolute Gasteiger partial charge is 0.406 e. The van der Waals surface area contributed by atoms with Gasteiger partial charge < -0.3 is 15.5 Å². The molecule has 0 bridgehead atoms. The summed E-state index contributed by atoms with van der Waals surface area (Å²) < 4.78 is 6.82. The fourth-order valence-electron chi connectivity index (χ4n) is 0.996. The van der Waals surface area contributed by atoms with Gasteiger partial charge in [0.2, 0.25) is 5.89 Å². The van der Waals surface area contributed by atoms with E-state index in [2.05, 4.69) is 20.6 Å². The Morgan fingerprint density at radius 2 is 2.43 bits per heavy atom. The van der Waals surface area contributed by atoms with Crippen molar-refractivity contribution >= 4 is 11.7 Å². The SMILES string of the molecule is Cn1cc(Nc2nnc(CN)o2)cn1. The molecule has 0 amide bonds. The van der Waals surface area contributed by atoms with Crippen LogP contribution in [0.5, 0.6) is 0 Å². The van der Waals surface area contributed by atoms with Gasteiger partial charge in [0.05, 0.1) is 18.4 Å². The van der Waals surface area contributed by atoms with Crippen molar-refractivity contribution in [3.05, 3.63) is 18.3 Å². The highest BCUT2D eigenvalue weighted by Gasteiger charge is 2.04. The molecule has 0 spiro atoms. The summed E-state index contributed by atoms with van der Waals surface area (Å²) in [6.07, 6.45) is 3.46. The second-order valence-corrected chi connectivity index (χ2v) is 2.73. The number of hydrogen-bond donors (Lipinski definition) is 2. The Bertz CT molecular complexity index is 419. The maximum absolute atomic E-state index is 5.32.